The SMILES string of the molecule is CC#CCNC(=O)N1CCC(C(=O)O)c2ccccc21. The number of urea groups is 1. The maximum atomic E-state index is 12.1. The van der Waals surface area contributed by atoms with E-state index in [1.54, 1.807) is 36.1 Å². The molecule has 1 atom stereocenters. The van der Waals surface area contributed by atoms with Crippen LogP contribution in [0.1, 0.15) is 24.8 Å². The number of nitrogens with one attached hydrogen (secondary N) is 1. The topological polar surface area (TPSA) is 69.6 Å². The van der Waals surface area contributed by atoms with Gasteiger partial charge in [0.25, 0.3) is 0 Å². The van der Waals surface area contributed by atoms with E-state index in [4.69, 9.17) is 0 Å². The number of para-hydroxylation sites is 1. The molecule has 0 radical (unpaired) electrons. The van der Waals surface area contributed by atoms with Crippen LogP contribution in [-0.2, 0) is 4.79 Å². The van der Waals surface area contributed by atoms with Crippen molar-refractivity contribution in [1.29, 1.82) is 0 Å². The van der Waals surface area contributed by atoms with Crippen molar-refractivity contribution < 1.29 is 14.7 Å². The van der Waals surface area contributed by atoms with Gasteiger partial charge in [0.1, 0.15) is 0 Å². The summed E-state index contributed by atoms with van der Waals surface area (Å²) in [5.74, 6) is 4.07. The van der Waals surface area contributed by atoms with Crippen LogP contribution in [0, 0.1) is 11.8 Å². The fourth-order valence-electron chi connectivity index (χ4n) is 2.33. The number of amides is 2. The number of carbonyl (C=O) groups excluding carboxylic acids is 1. The summed E-state index contributed by atoms with van der Waals surface area (Å²) >= 11 is 0. The summed E-state index contributed by atoms with van der Waals surface area (Å²) in [6.45, 7) is 2.38. The molecule has 0 saturated carbocycles. The van der Waals surface area contributed by atoms with Gasteiger partial charge in [0, 0.05) is 12.2 Å². The van der Waals surface area contributed by atoms with Crippen molar-refractivity contribution >= 4 is 17.7 Å². The lowest BCUT2D eigenvalue weighted by atomic mass is 9.90. The van der Waals surface area contributed by atoms with E-state index in [-0.39, 0.29) is 12.6 Å². The molecule has 0 aliphatic carbocycles. The summed E-state index contributed by atoms with van der Waals surface area (Å²) in [6, 6.07) is 6.88. The molecule has 1 aromatic rings. The van der Waals surface area contributed by atoms with E-state index in [0.29, 0.717) is 24.2 Å². The minimum absolute atomic E-state index is 0.246. The summed E-state index contributed by atoms with van der Waals surface area (Å²) < 4.78 is 0. The van der Waals surface area contributed by atoms with E-state index >= 15 is 0 Å². The summed E-state index contributed by atoms with van der Waals surface area (Å²) in [5.41, 5.74) is 1.34. The van der Waals surface area contributed by atoms with Crippen molar-refractivity contribution in [1.82, 2.24) is 5.32 Å². The Morgan fingerprint density at radius 3 is 2.90 bits per heavy atom. The van der Waals surface area contributed by atoms with Gasteiger partial charge in [-0.1, -0.05) is 24.1 Å². The number of hydrogen-bond acceptors (Lipinski definition) is 2. The summed E-state index contributed by atoms with van der Waals surface area (Å²) in [7, 11) is 0. The van der Waals surface area contributed by atoms with Gasteiger partial charge in [0.2, 0.25) is 0 Å². The predicted molar refractivity (Wildman–Crippen MR) is 75.6 cm³/mol. The molecule has 1 aliphatic rings. The van der Waals surface area contributed by atoms with Crippen molar-refractivity contribution in [2.75, 3.05) is 18.0 Å². The molecule has 2 amide bonds. The molecule has 2 rings (SSSR count). The van der Waals surface area contributed by atoms with E-state index in [0.717, 1.165) is 0 Å². The average molecular weight is 272 g/mol. The molecule has 0 spiro atoms. The zero-order valence-corrected chi connectivity index (χ0v) is 11.2. The smallest absolute Gasteiger partial charge is 0.322 e. The summed E-state index contributed by atoms with van der Waals surface area (Å²) in [6.07, 6.45) is 0.416. The zero-order chi connectivity index (χ0) is 14.5. The quantitative estimate of drug-likeness (QED) is 0.806. The number of aliphatic carboxylic acids is 1. The molecule has 104 valence electrons. The first-order chi connectivity index (χ1) is 9.65. The summed E-state index contributed by atoms with van der Waals surface area (Å²) in [5, 5.41) is 12.0. The van der Waals surface area contributed by atoms with Crippen LogP contribution in [0.5, 0.6) is 0 Å². The van der Waals surface area contributed by atoms with E-state index in [1.165, 1.54) is 0 Å². The first-order valence-electron chi connectivity index (χ1n) is 6.42. The van der Waals surface area contributed by atoms with E-state index in [2.05, 4.69) is 17.2 Å². The number of nitrogens with zero attached hydrogens (tertiary/aromatic N) is 1. The number of hydrogen-bond donors (Lipinski definition) is 2. The number of fused-ring (bicyclic) bond motifs is 1. The van der Waals surface area contributed by atoms with Crippen molar-refractivity contribution in [2.45, 2.75) is 19.3 Å². The Labute approximate surface area is 117 Å². The van der Waals surface area contributed by atoms with Crippen molar-refractivity contribution in [3.8, 4) is 11.8 Å². The maximum Gasteiger partial charge on any atom is 0.322 e. The number of rotatable bonds is 2. The van der Waals surface area contributed by atoms with E-state index in [9.17, 15) is 14.7 Å². The Morgan fingerprint density at radius 2 is 2.20 bits per heavy atom. The predicted octanol–water partition coefficient (Wildman–Crippen LogP) is 1.80. The van der Waals surface area contributed by atoms with Gasteiger partial charge in [-0.05, 0) is 25.0 Å². The number of anilines is 1. The van der Waals surface area contributed by atoms with Gasteiger partial charge < -0.3 is 10.4 Å². The molecule has 1 aromatic carbocycles. The molecule has 0 fully saturated rings. The third-order valence-corrected chi connectivity index (χ3v) is 3.29. The molecule has 1 heterocycles. The number of carbonyl (C=O) groups is 2. The van der Waals surface area contributed by atoms with Crippen LogP contribution in [0.15, 0.2) is 24.3 Å². The fourth-order valence-corrected chi connectivity index (χ4v) is 2.33. The molecule has 0 saturated heterocycles. The van der Waals surface area contributed by atoms with Crippen molar-refractivity contribution in [3.63, 3.8) is 0 Å². The molecule has 20 heavy (non-hydrogen) atoms. The highest BCUT2D eigenvalue weighted by Gasteiger charge is 2.32. The highest BCUT2D eigenvalue weighted by Crippen LogP contribution is 2.35. The number of carboxylic acids is 1. The number of carboxylic acid groups (broad SMARTS) is 1. The summed E-state index contributed by atoms with van der Waals surface area (Å²) in [4.78, 5) is 25.0. The normalized spacial score (nSPS) is 16.6. The second-order valence-electron chi connectivity index (χ2n) is 4.48. The van der Waals surface area contributed by atoms with Crippen LogP contribution in [-0.4, -0.2) is 30.2 Å². The third-order valence-electron chi connectivity index (χ3n) is 3.29. The van der Waals surface area contributed by atoms with Crippen LogP contribution in [0.2, 0.25) is 0 Å². The third kappa shape index (κ3) is 2.75. The second kappa shape index (κ2) is 6.11. The Hall–Kier alpha value is -2.48. The monoisotopic (exact) mass is 272 g/mol. The Morgan fingerprint density at radius 1 is 1.45 bits per heavy atom. The van der Waals surface area contributed by atoms with Gasteiger partial charge in [0.15, 0.2) is 0 Å². The molecule has 2 N–H and O–H groups in total. The lowest BCUT2D eigenvalue weighted by Gasteiger charge is -2.32. The minimum atomic E-state index is -0.852. The first kappa shape index (κ1) is 13.9. The van der Waals surface area contributed by atoms with Crippen LogP contribution < -0.4 is 10.2 Å². The Kier molecular flexibility index (Phi) is 4.26. The molecular formula is C15H16N2O3. The zero-order valence-electron chi connectivity index (χ0n) is 11.2. The molecule has 1 aliphatic heterocycles. The van der Waals surface area contributed by atoms with Gasteiger partial charge in [-0.3, -0.25) is 9.69 Å². The minimum Gasteiger partial charge on any atom is -0.481 e. The van der Waals surface area contributed by atoms with Gasteiger partial charge in [-0.15, -0.1) is 5.92 Å². The molecule has 1 unspecified atom stereocenters. The van der Waals surface area contributed by atoms with E-state index < -0.39 is 11.9 Å². The Bertz CT molecular complexity index is 586. The standard InChI is InChI=1S/C15H16N2O3/c1-2-3-9-16-15(20)17-10-8-12(14(18)19)11-6-4-5-7-13(11)17/h4-7,12H,8-10H2,1H3,(H,16,20)(H,18,19). The highest BCUT2D eigenvalue weighted by molar-refractivity contribution is 5.95. The van der Waals surface area contributed by atoms with Gasteiger partial charge in [-0.25, -0.2) is 4.79 Å². The largest absolute Gasteiger partial charge is 0.481 e. The average Bonchev–Trinajstić information content (AvgIpc) is 2.46. The highest BCUT2D eigenvalue weighted by atomic mass is 16.4. The van der Waals surface area contributed by atoms with Gasteiger partial charge in [-0.2, -0.15) is 0 Å². The lowest BCUT2D eigenvalue weighted by Crippen LogP contribution is -2.44. The molecule has 5 nitrogen and oxygen atoms in total. The number of benzene rings is 1. The second-order valence-corrected chi connectivity index (χ2v) is 4.48. The molecular weight excluding hydrogens is 256 g/mol. The molecule has 0 bridgehead atoms. The fraction of sp³-hybridized carbons (Fsp3) is 0.333. The van der Waals surface area contributed by atoms with Crippen LogP contribution in [0.4, 0.5) is 10.5 Å². The maximum absolute atomic E-state index is 12.1. The van der Waals surface area contributed by atoms with Gasteiger partial charge in [0.05, 0.1) is 12.5 Å². The lowest BCUT2D eigenvalue weighted by molar-refractivity contribution is -0.139. The van der Waals surface area contributed by atoms with Crippen LogP contribution in [0.25, 0.3) is 0 Å². The Balaban J connectivity index is 2.24. The van der Waals surface area contributed by atoms with Gasteiger partial charge >= 0.3 is 12.0 Å². The molecule has 0 aromatic heterocycles. The first-order valence-corrected chi connectivity index (χ1v) is 6.42. The van der Waals surface area contributed by atoms with Crippen LogP contribution in [0.3, 0.4) is 0 Å². The molecule has 5 heteroatoms. The van der Waals surface area contributed by atoms with E-state index in [1.807, 2.05) is 0 Å². The van der Waals surface area contributed by atoms with Crippen molar-refractivity contribution in [3.05, 3.63) is 29.8 Å². The van der Waals surface area contributed by atoms with Crippen LogP contribution >= 0.6 is 0 Å². The van der Waals surface area contributed by atoms with Crippen molar-refractivity contribution in [2.24, 2.45) is 0 Å².